The molecule has 1 saturated heterocycles. The zero-order valence-electron chi connectivity index (χ0n) is 20.8. The maximum Gasteiger partial charge on any atom is 0.408 e. The fourth-order valence-corrected chi connectivity index (χ4v) is 5.09. The quantitative estimate of drug-likeness (QED) is 0.330. The normalized spacial score (nSPS) is 19.9. The number of likely N-dealkylation sites (tertiary alicyclic amines) is 1. The number of halogens is 4. The van der Waals surface area contributed by atoms with Gasteiger partial charge >= 0.3 is 6.18 Å². The van der Waals surface area contributed by atoms with Gasteiger partial charge in [-0.2, -0.15) is 13.2 Å². The molecule has 37 heavy (non-hydrogen) atoms. The third-order valence-corrected chi connectivity index (χ3v) is 7.12. The van der Waals surface area contributed by atoms with E-state index < -0.39 is 24.4 Å². The molecule has 2 atom stereocenters. The number of benzene rings is 1. The highest BCUT2D eigenvalue weighted by molar-refractivity contribution is 5.84. The molecule has 0 bridgehead atoms. The molecule has 1 aliphatic rings. The summed E-state index contributed by atoms with van der Waals surface area (Å²) in [5.41, 5.74) is 7.61. The highest BCUT2D eigenvalue weighted by atomic mass is 19.4. The van der Waals surface area contributed by atoms with Gasteiger partial charge in [-0.1, -0.05) is 44.2 Å². The van der Waals surface area contributed by atoms with Gasteiger partial charge in [-0.05, 0) is 48.4 Å². The van der Waals surface area contributed by atoms with E-state index in [0.29, 0.717) is 23.1 Å². The Labute approximate surface area is 212 Å². The minimum absolute atomic E-state index is 0.0163. The number of rotatable bonds is 7. The van der Waals surface area contributed by atoms with E-state index in [0.717, 1.165) is 29.3 Å². The summed E-state index contributed by atoms with van der Waals surface area (Å²) in [6, 6.07) is 10.8. The van der Waals surface area contributed by atoms with Crippen molar-refractivity contribution in [3.8, 4) is 11.5 Å². The van der Waals surface area contributed by atoms with Crippen molar-refractivity contribution in [2.75, 3.05) is 19.8 Å². The van der Waals surface area contributed by atoms with Crippen LogP contribution in [0.4, 0.5) is 17.6 Å². The molecule has 2 N–H and O–H groups in total. The molecule has 0 saturated carbocycles. The minimum atomic E-state index is -4.57. The van der Waals surface area contributed by atoms with Gasteiger partial charge in [-0.3, -0.25) is 9.30 Å². The van der Waals surface area contributed by atoms with E-state index >= 15 is 0 Å². The Morgan fingerprint density at radius 1 is 1.08 bits per heavy atom. The maximum atomic E-state index is 14.3. The van der Waals surface area contributed by atoms with Crippen LogP contribution in [0.2, 0.25) is 0 Å². The fraction of sp³-hybridized carbons (Fsp3) is 0.444. The van der Waals surface area contributed by atoms with Crippen LogP contribution < -0.4 is 5.73 Å². The molecule has 1 aromatic carbocycles. The molecule has 1 fully saturated rings. The van der Waals surface area contributed by atoms with Gasteiger partial charge in [-0.25, -0.2) is 9.37 Å². The van der Waals surface area contributed by atoms with Crippen LogP contribution in [0.15, 0.2) is 48.7 Å². The molecule has 6 nitrogen and oxygen atoms in total. The van der Waals surface area contributed by atoms with Gasteiger partial charge in [0.1, 0.15) is 18.4 Å². The van der Waals surface area contributed by atoms with Gasteiger partial charge in [0.05, 0.1) is 11.1 Å². The first-order valence-corrected chi connectivity index (χ1v) is 12.5. The van der Waals surface area contributed by atoms with E-state index in [9.17, 15) is 17.6 Å². The van der Waals surface area contributed by atoms with Crippen molar-refractivity contribution in [3.05, 3.63) is 59.8 Å². The summed E-state index contributed by atoms with van der Waals surface area (Å²) in [6.45, 7) is 3.36. The Balaban J connectivity index is 1.56. The predicted octanol–water partition coefficient (Wildman–Crippen LogP) is 5.51. The SMILES string of the molecule is CC(C)CCc1cccc2ccc(-c3nnc4ccc([C@@H](N5CC[C@@](N)(CF)C5)C(F)(F)F)cn34)nc12. The first kappa shape index (κ1) is 25.5. The average Bonchev–Trinajstić information content (AvgIpc) is 3.45. The van der Waals surface area contributed by atoms with Crippen molar-refractivity contribution < 1.29 is 17.6 Å². The summed E-state index contributed by atoms with van der Waals surface area (Å²) in [6.07, 6.45) is -1.11. The Morgan fingerprint density at radius 2 is 1.89 bits per heavy atom. The van der Waals surface area contributed by atoms with Gasteiger partial charge in [0, 0.05) is 24.7 Å². The largest absolute Gasteiger partial charge is 0.408 e. The molecule has 3 aromatic heterocycles. The number of aromatic nitrogens is 4. The summed E-state index contributed by atoms with van der Waals surface area (Å²) < 4.78 is 57.8. The van der Waals surface area contributed by atoms with Crippen LogP contribution in [0.3, 0.4) is 0 Å². The second-order valence-electron chi connectivity index (χ2n) is 10.5. The zero-order chi connectivity index (χ0) is 26.4. The number of pyridine rings is 2. The Kier molecular flexibility index (Phi) is 6.66. The number of aryl methyl sites for hydroxylation is 1. The molecular weight excluding hydrogens is 484 g/mol. The molecular formula is C27H30F4N6. The van der Waals surface area contributed by atoms with Crippen molar-refractivity contribution in [1.29, 1.82) is 0 Å². The van der Waals surface area contributed by atoms with Crippen molar-refractivity contribution in [2.24, 2.45) is 11.7 Å². The molecule has 5 rings (SSSR count). The third kappa shape index (κ3) is 5.04. The standard InChI is InChI=1S/C27H30F4N6/c1-17(2)6-7-18-4-3-5-19-8-10-21(33-23(18)19)25-35-34-22-11-9-20(14-37(22)25)24(27(29,30)31)36-13-12-26(32,15-28)16-36/h3-5,8-11,14,17,24H,6-7,12-13,15-16,32H2,1-2H3/t24-,26-/m1/s1. The summed E-state index contributed by atoms with van der Waals surface area (Å²) in [4.78, 5) is 6.07. The topological polar surface area (TPSA) is 72.3 Å². The molecule has 196 valence electrons. The Bertz CT molecular complexity index is 1420. The van der Waals surface area contributed by atoms with Gasteiger partial charge in [0.2, 0.25) is 0 Å². The zero-order valence-corrected chi connectivity index (χ0v) is 20.8. The summed E-state index contributed by atoms with van der Waals surface area (Å²) >= 11 is 0. The van der Waals surface area contributed by atoms with E-state index in [4.69, 9.17) is 10.7 Å². The molecule has 4 aromatic rings. The van der Waals surface area contributed by atoms with Crippen LogP contribution in [-0.2, 0) is 6.42 Å². The molecule has 0 amide bonds. The molecule has 1 aliphatic heterocycles. The van der Waals surface area contributed by atoms with Crippen LogP contribution >= 0.6 is 0 Å². The number of nitrogens with two attached hydrogens (primary N) is 1. The third-order valence-electron chi connectivity index (χ3n) is 7.12. The lowest BCUT2D eigenvalue weighted by Crippen LogP contribution is -2.47. The maximum absolute atomic E-state index is 14.3. The monoisotopic (exact) mass is 514 g/mol. The van der Waals surface area contributed by atoms with Crippen LogP contribution in [0.25, 0.3) is 28.1 Å². The summed E-state index contributed by atoms with van der Waals surface area (Å²) in [7, 11) is 0. The highest BCUT2D eigenvalue weighted by Crippen LogP contribution is 2.41. The van der Waals surface area contributed by atoms with Crippen molar-refractivity contribution in [1.82, 2.24) is 24.5 Å². The van der Waals surface area contributed by atoms with Crippen molar-refractivity contribution >= 4 is 16.6 Å². The number of hydrogen-bond donors (Lipinski definition) is 1. The molecule has 0 aliphatic carbocycles. The molecule has 0 unspecified atom stereocenters. The van der Waals surface area contributed by atoms with E-state index in [1.807, 2.05) is 24.3 Å². The van der Waals surface area contributed by atoms with Crippen LogP contribution in [0.5, 0.6) is 0 Å². The van der Waals surface area contributed by atoms with E-state index in [1.165, 1.54) is 23.2 Å². The predicted molar refractivity (Wildman–Crippen MR) is 135 cm³/mol. The number of alkyl halides is 4. The van der Waals surface area contributed by atoms with Crippen molar-refractivity contribution in [2.45, 2.75) is 50.9 Å². The molecule has 10 heteroatoms. The smallest absolute Gasteiger partial charge is 0.322 e. The fourth-order valence-electron chi connectivity index (χ4n) is 5.09. The lowest BCUT2D eigenvalue weighted by atomic mass is 10.00. The van der Waals surface area contributed by atoms with E-state index in [2.05, 4.69) is 30.1 Å². The first-order valence-electron chi connectivity index (χ1n) is 12.5. The van der Waals surface area contributed by atoms with Crippen LogP contribution in [0, 0.1) is 5.92 Å². The lowest BCUT2D eigenvalue weighted by molar-refractivity contribution is -0.184. The lowest BCUT2D eigenvalue weighted by Gasteiger charge is -2.31. The second kappa shape index (κ2) is 9.64. The molecule has 0 radical (unpaired) electrons. The van der Waals surface area contributed by atoms with Crippen molar-refractivity contribution in [3.63, 3.8) is 0 Å². The number of para-hydroxylation sites is 1. The summed E-state index contributed by atoms with van der Waals surface area (Å²) in [5.74, 6) is 0.903. The van der Waals surface area contributed by atoms with Gasteiger partial charge < -0.3 is 5.73 Å². The minimum Gasteiger partial charge on any atom is -0.322 e. The highest BCUT2D eigenvalue weighted by Gasteiger charge is 2.49. The van der Waals surface area contributed by atoms with E-state index in [1.54, 1.807) is 4.40 Å². The molecule has 0 spiro atoms. The van der Waals surface area contributed by atoms with Gasteiger partial charge in [0.25, 0.3) is 0 Å². The van der Waals surface area contributed by atoms with Crippen LogP contribution in [0.1, 0.15) is 43.9 Å². The Morgan fingerprint density at radius 3 is 2.59 bits per heavy atom. The first-order chi connectivity index (χ1) is 17.6. The second-order valence-corrected chi connectivity index (χ2v) is 10.5. The Hall–Kier alpha value is -3.11. The number of nitrogens with zero attached hydrogens (tertiary/aromatic N) is 5. The number of fused-ring (bicyclic) bond motifs is 2. The van der Waals surface area contributed by atoms with Gasteiger partial charge in [0.15, 0.2) is 11.5 Å². The van der Waals surface area contributed by atoms with Gasteiger partial charge in [-0.15, -0.1) is 10.2 Å². The van der Waals surface area contributed by atoms with E-state index in [-0.39, 0.29) is 25.1 Å². The van der Waals surface area contributed by atoms with Crippen LogP contribution in [-0.4, -0.2) is 56.0 Å². The summed E-state index contributed by atoms with van der Waals surface area (Å²) in [5, 5.41) is 9.41. The molecule has 4 heterocycles. The average molecular weight is 515 g/mol. The number of hydrogen-bond acceptors (Lipinski definition) is 5.